The van der Waals surface area contributed by atoms with E-state index in [1.807, 2.05) is 6.92 Å². The molecular formula is C15H32IN5O3S. The van der Waals surface area contributed by atoms with Gasteiger partial charge in [0.2, 0.25) is 10.0 Å². The summed E-state index contributed by atoms with van der Waals surface area (Å²) >= 11 is 0. The monoisotopic (exact) mass is 489 g/mol. The summed E-state index contributed by atoms with van der Waals surface area (Å²) in [5, 5.41) is 3.32. The Bertz CT molecular complexity index is 511. The maximum absolute atomic E-state index is 11.4. The standard InChI is InChI=1S/C15H31N5O3S.HI/c1-3-16-15(17-6-7-18-24(21,22)4-2)20-8-5-14(13-20)19-9-11-23-12-10-19;/h14,18H,3-13H2,1-2H3,(H,16,17);1H. The zero-order valence-corrected chi connectivity index (χ0v) is 18.4. The molecule has 0 aliphatic carbocycles. The van der Waals surface area contributed by atoms with Crippen LogP contribution >= 0.6 is 24.0 Å². The predicted octanol–water partition coefficient (Wildman–Crippen LogP) is -0.0843. The molecule has 0 radical (unpaired) electrons. The number of ether oxygens (including phenoxy) is 1. The molecule has 0 bridgehead atoms. The lowest BCUT2D eigenvalue weighted by Crippen LogP contribution is -2.46. The Morgan fingerprint density at radius 3 is 2.60 bits per heavy atom. The summed E-state index contributed by atoms with van der Waals surface area (Å²) < 4.78 is 30.9. The molecule has 2 N–H and O–H groups in total. The Morgan fingerprint density at radius 2 is 1.96 bits per heavy atom. The second-order valence-electron chi connectivity index (χ2n) is 6.07. The van der Waals surface area contributed by atoms with Gasteiger partial charge in [-0.1, -0.05) is 0 Å². The molecule has 2 saturated heterocycles. The van der Waals surface area contributed by atoms with Crippen LogP contribution in [0.3, 0.4) is 0 Å². The van der Waals surface area contributed by atoms with E-state index in [1.165, 1.54) is 0 Å². The molecule has 148 valence electrons. The van der Waals surface area contributed by atoms with Crippen LogP contribution in [-0.4, -0.2) is 95.0 Å². The van der Waals surface area contributed by atoms with Crippen molar-refractivity contribution in [1.29, 1.82) is 0 Å². The normalized spacial score (nSPS) is 22.7. The quantitative estimate of drug-likeness (QED) is 0.225. The number of nitrogens with zero attached hydrogens (tertiary/aromatic N) is 3. The molecule has 25 heavy (non-hydrogen) atoms. The zero-order valence-electron chi connectivity index (χ0n) is 15.2. The fourth-order valence-electron chi connectivity index (χ4n) is 3.07. The molecule has 2 rings (SSSR count). The lowest BCUT2D eigenvalue weighted by molar-refractivity contribution is 0.0195. The largest absolute Gasteiger partial charge is 0.379 e. The van der Waals surface area contributed by atoms with E-state index in [-0.39, 0.29) is 29.7 Å². The lowest BCUT2D eigenvalue weighted by atomic mass is 10.2. The van der Waals surface area contributed by atoms with Crippen molar-refractivity contribution >= 4 is 40.0 Å². The molecule has 0 aromatic carbocycles. The number of morpholine rings is 1. The Labute approximate surface area is 168 Å². The highest BCUT2D eigenvalue weighted by Gasteiger charge is 2.30. The minimum Gasteiger partial charge on any atom is -0.379 e. The Kier molecular flexibility index (Phi) is 10.5. The van der Waals surface area contributed by atoms with Gasteiger partial charge in [-0.05, 0) is 20.3 Å². The average Bonchev–Trinajstić information content (AvgIpc) is 3.08. The first-order valence-corrected chi connectivity index (χ1v) is 10.5. The van der Waals surface area contributed by atoms with Crippen LogP contribution in [0.5, 0.6) is 0 Å². The van der Waals surface area contributed by atoms with E-state index in [9.17, 15) is 8.42 Å². The summed E-state index contributed by atoms with van der Waals surface area (Å²) in [5.41, 5.74) is 0. The number of rotatable bonds is 7. The van der Waals surface area contributed by atoms with Crippen LogP contribution in [0, 0.1) is 0 Å². The van der Waals surface area contributed by atoms with Crippen molar-refractivity contribution in [2.75, 3.05) is 64.8 Å². The van der Waals surface area contributed by atoms with Crippen LogP contribution in [0.1, 0.15) is 20.3 Å². The van der Waals surface area contributed by atoms with E-state index in [1.54, 1.807) is 6.92 Å². The van der Waals surface area contributed by atoms with Gasteiger partial charge in [0.15, 0.2) is 5.96 Å². The van der Waals surface area contributed by atoms with Gasteiger partial charge in [-0.15, -0.1) is 24.0 Å². The second kappa shape index (κ2) is 11.5. The highest BCUT2D eigenvalue weighted by molar-refractivity contribution is 14.0. The van der Waals surface area contributed by atoms with E-state index in [4.69, 9.17) is 4.74 Å². The molecule has 0 aromatic rings. The van der Waals surface area contributed by atoms with Gasteiger partial charge in [0.05, 0.1) is 25.5 Å². The van der Waals surface area contributed by atoms with Crippen molar-refractivity contribution in [2.24, 2.45) is 4.99 Å². The van der Waals surface area contributed by atoms with Crippen LogP contribution in [0.2, 0.25) is 0 Å². The highest BCUT2D eigenvalue weighted by atomic mass is 127. The number of nitrogens with one attached hydrogen (secondary N) is 2. The van der Waals surface area contributed by atoms with Gasteiger partial charge < -0.3 is 15.0 Å². The lowest BCUT2D eigenvalue weighted by Gasteiger charge is -2.32. The van der Waals surface area contributed by atoms with Crippen LogP contribution in [0.4, 0.5) is 0 Å². The van der Waals surface area contributed by atoms with E-state index >= 15 is 0 Å². The van der Waals surface area contributed by atoms with Gasteiger partial charge in [0.25, 0.3) is 0 Å². The molecule has 0 aromatic heterocycles. The number of guanidine groups is 1. The van der Waals surface area contributed by atoms with Gasteiger partial charge in [0.1, 0.15) is 0 Å². The van der Waals surface area contributed by atoms with Crippen LogP contribution in [-0.2, 0) is 14.8 Å². The van der Waals surface area contributed by atoms with Crippen molar-refractivity contribution in [1.82, 2.24) is 19.8 Å². The van der Waals surface area contributed by atoms with Crippen molar-refractivity contribution < 1.29 is 13.2 Å². The maximum atomic E-state index is 11.4. The third-order valence-electron chi connectivity index (χ3n) is 4.44. The molecule has 0 spiro atoms. The van der Waals surface area contributed by atoms with E-state index in [0.717, 1.165) is 58.3 Å². The number of hydrogen-bond donors (Lipinski definition) is 2. The fourth-order valence-corrected chi connectivity index (χ4v) is 3.67. The summed E-state index contributed by atoms with van der Waals surface area (Å²) in [6, 6.07) is 0.552. The summed E-state index contributed by atoms with van der Waals surface area (Å²) in [7, 11) is -3.14. The molecule has 1 atom stereocenters. The third kappa shape index (κ3) is 7.53. The summed E-state index contributed by atoms with van der Waals surface area (Å²) in [6.45, 7) is 10.9. The van der Waals surface area contributed by atoms with Crippen LogP contribution < -0.4 is 10.0 Å². The van der Waals surface area contributed by atoms with Crippen LogP contribution in [0.25, 0.3) is 0 Å². The van der Waals surface area contributed by atoms with E-state index in [2.05, 4.69) is 24.8 Å². The number of sulfonamides is 1. The fraction of sp³-hybridized carbons (Fsp3) is 0.933. The highest BCUT2D eigenvalue weighted by Crippen LogP contribution is 2.17. The van der Waals surface area contributed by atoms with Crippen molar-refractivity contribution in [3.8, 4) is 0 Å². The number of hydrogen-bond acceptors (Lipinski definition) is 5. The Hall–Kier alpha value is -0.170. The first kappa shape index (κ1) is 22.9. The first-order valence-electron chi connectivity index (χ1n) is 8.88. The molecule has 10 heteroatoms. The maximum Gasteiger partial charge on any atom is 0.211 e. The predicted molar refractivity (Wildman–Crippen MR) is 111 cm³/mol. The Morgan fingerprint density at radius 1 is 1.24 bits per heavy atom. The smallest absolute Gasteiger partial charge is 0.211 e. The van der Waals surface area contributed by atoms with Crippen molar-refractivity contribution in [3.63, 3.8) is 0 Å². The topological polar surface area (TPSA) is 86.3 Å². The Balaban J connectivity index is 0.00000312. The number of likely N-dealkylation sites (tertiary alicyclic amines) is 1. The molecule has 1 unspecified atom stereocenters. The first-order chi connectivity index (χ1) is 11.6. The average molecular weight is 489 g/mol. The molecule has 0 saturated carbocycles. The summed E-state index contributed by atoms with van der Waals surface area (Å²) in [6.07, 6.45) is 1.13. The minimum absolute atomic E-state index is 0. The van der Waals surface area contributed by atoms with Gasteiger partial charge in [-0.25, -0.2) is 13.1 Å². The molecule has 2 fully saturated rings. The minimum atomic E-state index is -3.14. The van der Waals surface area contributed by atoms with E-state index < -0.39 is 10.0 Å². The molecule has 2 heterocycles. The molecule has 0 amide bonds. The summed E-state index contributed by atoms with van der Waals surface area (Å²) in [5.74, 6) is 0.980. The third-order valence-corrected chi connectivity index (χ3v) is 5.84. The SMILES string of the molecule is CCNC(=NCCNS(=O)(=O)CC)N1CCC(N2CCOCC2)C1.I. The zero-order chi connectivity index (χ0) is 17.4. The van der Waals surface area contributed by atoms with E-state index in [0.29, 0.717) is 19.1 Å². The molecular weight excluding hydrogens is 457 g/mol. The van der Waals surface area contributed by atoms with Gasteiger partial charge in [0, 0.05) is 45.3 Å². The molecule has 2 aliphatic rings. The van der Waals surface area contributed by atoms with Gasteiger partial charge >= 0.3 is 0 Å². The van der Waals surface area contributed by atoms with Crippen LogP contribution in [0.15, 0.2) is 4.99 Å². The molecule has 8 nitrogen and oxygen atoms in total. The van der Waals surface area contributed by atoms with Crippen molar-refractivity contribution in [2.45, 2.75) is 26.3 Å². The van der Waals surface area contributed by atoms with Gasteiger partial charge in [-0.2, -0.15) is 0 Å². The summed E-state index contributed by atoms with van der Waals surface area (Å²) in [4.78, 5) is 9.35. The molecule has 2 aliphatic heterocycles. The number of halogens is 1. The second-order valence-corrected chi connectivity index (χ2v) is 8.17. The van der Waals surface area contributed by atoms with Crippen molar-refractivity contribution in [3.05, 3.63) is 0 Å². The van der Waals surface area contributed by atoms with Gasteiger partial charge in [-0.3, -0.25) is 9.89 Å². The number of aliphatic imine (C=N–C) groups is 1.